The second-order valence-corrected chi connectivity index (χ2v) is 11.4. The Bertz CT molecular complexity index is 1020. The van der Waals surface area contributed by atoms with E-state index in [9.17, 15) is 13.2 Å². The van der Waals surface area contributed by atoms with E-state index in [4.69, 9.17) is 16.3 Å². The molecule has 0 bridgehead atoms. The van der Waals surface area contributed by atoms with Crippen LogP contribution in [0.2, 0.25) is 5.02 Å². The van der Waals surface area contributed by atoms with Gasteiger partial charge in [-0.15, -0.1) is 0 Å². The number of ether oxygens (including phenoxy) is 1. The Hall–Kier alpha value is -1.61. The first-order valence-corrected chi connectivity index (χ1v) is 13.1. The summed E-state index contributed by atoms with van der Waals surface area (Å²) in [4.78, 5) is 14.2. The Balaban J connectivity index is 1.25. The molecule has 2 aromatic rings. The van der Waals surface area contributed by atoms with Crippen molar-refractivity contribution >= 4 is 38.7 Å². The lowest BCUT2D eigenvalue weighted by Gasteiger charge is -2.22. The third-order valence-corrected chi connectivity index (χ3v) is 8.47. The van der Waals surface area contributed by atoms with Crippen LogP contribution in [0.4, 0.5) is 0 Å². The summed E-state index contributed by atoms with van der Waals surface area (Å²) in [6.45, 7) is 0.951. The van der Waals surface area contributed by atoms with Gasteiger partial charge in [-0.25, -0.2) is 8.42 Å². The van der Waals surface area contributed by atoms with E-state index >= 15 is 0 Å². The summed E-state index contributed by atoms with van der Waals surface area (Å²) in [6.07, 6.45) is 1.53. The van der Waals surface area contributed by atoms with E-state index in [1.807, 2.05) is 23.4 Å². The van der Waals surface area contributed by atoms with E-state index in [2.05, 4.69) is 22.8 Å². The molecule has 0 unspecified atom stereocenters. The van der Waals surface area contributed by atoms with E-state index in [0.717, 1.165) is 16.7 Å². The molecule has 1 aromatic carbocycles. The smallest absolute Gasteiger partial charge is 0.221 e. The summed E-state index contributed by atoms with van der Waals surface area (Å²) in [5.74, 6) is 1.07. The third kappa shape index (κ3) is 4.99. The van der Waals surface area contributed by atoms with Crippen molar-refractivity contribution in [2.24, 2.45) is 0 Å². The van der Waals surface area contributed by atoms with Crippen molar-refractivity contribution in [3.63, 3.8) is 0 Å². The Morgan fingerprint density at radius 1 is 1.37 bits per heavy atom. The number of carbonyl (C=O) groups excluding carboxylic acids is 1. The zero-order chi connectivity index (χ0) is 21.3. The number of hydrogen-bond donors (Lipinski definition) is 1. The van der Waals surface area contributed by atoms with Gasteiger partial charge in [0, 0.05) is 31.0 Å². The maximum atomic E-state index is 12.3. The minimum atomic E-state index is -2.92. The average Bonchev–Trinajstić information content (AvgIpc) is 3.43. The molecule has 1 amide bonds. The van der Waals surface area contributed by atoms with Crippen LogP contribution in [0.3, 0.4) is 0 Å². The fourth-order valence-electron chi connectivity index (χ4n) is 4.00. The highest BCUT2D eigenvalue weighted by Gasteiger charge is 2.31. The molecule has 30 heavy (non-hydrogen) atoms. The first-order valence-electron chi connectivity index (χ1n) is 10.00. The quantitative estimate of drug-likeness (QED) is 0.676. The Morgan fingerprint density at radius 2 is 2.20 bits per heavy atom. The molecule has 9 heteroatoms. The van der Waals surface area contributed by atoms with Crippen molar-refractivity contribution in [2.45, 2.75) is 31.4 Å². The fraction of sp³-hybridized carbons (Fsp3) is 0.476. The standard InChI is InChI=1S/C21H25ClN2O4S2/c1-24(17-4-7-30(26,27)13-17)5-2-20(25)23-11-18-9-16-8-15(14-3-6-29-12-14)10-19(22)21(16)28-18/h3,6,8,10,12,17-18H,2,4-5,7,9,11,13H2,1H3,(H,23,25)/t17-,18-/m1/s1. The predicted octanol–water partition coefficient (Wildman–Crippen LogP) is 3.00. The molecule has 0 spiro atoms. The molecule has 6 nitrogen and oxygen atoms in total. The molecule has 1 fully saturated rings. The third-order valence-electron chi connectivity index (χ3n) is 5.76. The largest absolute Gasteiger partial charge is 0.486 e. The second-order valence-electron chi connectivity index (χ2n) is 7.99. The number of hydrogen-bond acceptors (Lipinski definition) is 6. The lowest BCUT2D eigenvalue weighted by molar-refractivity contribution is -0.121. The topological polar surface area (TPSA) is 75.7 Å². The van der Waals surface area contributed by atoms with Gasteiger partial charge in [-0.3, -0.25) is 4.79 Å². The van der Waals surface area contributed by atoms with Gasteiger partial charge in [0.1, 0.15) is 11.9 Å². The van der Waals surface area contributed by atoms with E-state index in [-0.39, 0.29) is 29.6 Å². The highest BCUT2D eigenvalue weighted by atomic mass is 35.5. The van der Waals surface area contributed by atoms with Crippen molar-refractivity contribution < 1.29 is 17.9 Å². The first kappa shape index (κ1) is 21.6. The van der Waals surface area contributed by atoms with Gasteiger partial charge in [0.15, 0.2) is 9.84 Å². The highest BCUT2D eigenvalue weighted by molar-refractivity contribution is 7.91. The normalized spacial score (nSPS) is 22.1. The van der Waals surface area contributed by atoms with Gasteiger partial charge in [0.25, 0.3) is 0 Å². The van der Waals surface area contributed by atoms with Crippen molar-refractivity contribution in [3.8, 4) is 16.9 Å². The number of amides is 1. The SMILES string of the molecule is CN(CCC(=O)NC[C@H]1Cc2cc(-c3ccsc3)cc(Cl)c2O1)[C@@H]1CCS(=O)(=O)C1. The molecule has 1 N–H and O–H groups in total. The summed E-state index contributed by atoms with van der Waals surface area (Å²) in [5.41, 5.74) is 3.27. The maximum absolute atomic E-state index is 12.3. The van der Waals surface area contributed by atoms with Crippen LogP contribution in [0.25, 0.3) is 11.1 Å². The second kappa shape index (κ2) is 8.86. The molecule has 1 aromatic heterocycles. The zero-order valence-corrected chi connectivity index (χ0v) is 19.2. The molecule has 3 heterocycles. The summed E-state index contributed by atoms with van der Waals surface area (Å²) >= 11 is 8.07. The summed E-state index contributed by atoms with van der Waals surface area (Å²) in [5, 5.41) is 7.65. The number of halogens is 1. The van der Waals surface area contributed by atoms with Gasteiger partial charge in [0.2, 0.25) is 5.91 Å². The van der Waals surface area contributed by atoms with Crippen molar-refractivity contribution in [1.29, 1.82) is 0 Å². The molecule has 0 radical (unpaired) electrons. The monoisotopic (exact) mass is 468 g/mol. The van der Waals surface area contributed by atoms with Gasteiger partial charge in [-0.2, -0.15) is 11.3 Å². The zero-order valence-electron chi connectivity index (χ0n) is 16.8. The molecule has 4 rings (SSSR count). The van der Waals surface area contributed by atoms with Crippen molar-refractivity contribution in [3.05, 3.63) is 39.5 Å². The number of nitrogens with one attached hydrogen (secondary N) is 1. The summed E-state index contributed by atoms with van der Waals surface area (Å²) < 4.78 is 29.2. The molecular formula is C21H25ClN2O4S2. The van der Waals surface area contributed by atoms with Crippen LogP contribution in [0.1, 0.15) is 18.4 Å². The van der Waals surface area contributed by atoms with Gasteiger partial charge >= 0.3 is 0 Å². The van der Waals surface area contributed by atoms with Crippen LogP contribution in [0.15, 0.2) is 29.0 Å². The Labute approximate surface area is 186 Å². The number of fused-ring (bicyclic) bond motifs is 1. The molecule has 1 saturated heterocycles. The van der Waals surface area contributed by atoms with Gasteiger partial charge in [0.05, 0.1) is 23.1 Å². The average molecular weight is 469 g/mol. The first-order chi connectivity index (χ1) is 14.3. The predicted molar refractivity (Wildman–Crippen MR) is 120 cm³/mol. The molecule has 162 valence electrons. The maximum Gasteiger partial charge on any atom is 0.221 e. The number of sulfone groups is 1. The summed E-state index contributed by atoms with van der Waals surface area (Å²) in [7, 11) is -1.04. The lowest BCUT2D eigenvalue weighted by atomic mass is 10.0. The molecular weight excluding hydrogens is 444 g/mol. The fourth-order valence-corrected chi connectivity index (χ4v) is 6.75. The van der Waals surface area contributed by atoms with E-state index in [0.29, 0.717) is 43.1 Å². The van der Waals surface area contributed by atoms with E-state index < -0.39 is 9.84 Å². The number of benzene rings is 1. The van der Waals surface area contributed by atoms with Crippen molar-refractivity contribution in [1.82, 2.24) is 10.2 Å². The molecule has 2 aliphatic heterocycles. The van der Waals surface area contributed by atoms with Gasteiger partial charge in [-0.1, -0.05) is 11.6 Å². The van der Waals surface area contributed by atoms with Gasteiger partial charge < -0.3 is 15.0 Å². The van der Waals surface area contributed by atoms with E-state index in [1.54, 1.807) is 11.3 Å². The van der Waals surface area contributed by atoms with Crippen LogP contribution in [-0.4, -0.2) is 63.0 Å². The number of thiophene rings is 1. The minimum Gasteiger partial charge on any atom is -0.486 e. The lowest BCUT2D eigenvalue weighted by Crippen LogP contribution is -2.38. The highest BCUT2D eigenvalue weighted by Crippen LogP contribution is 2.39. The van der Waals surface area contributed by atoms with Crippen LogP contribution < -0.4 is 10.1 Å². The van der Waals surface area contributed by atoms with Crippen LogP contribution in [0.5, 0.6) is 5.75 Å². The van der Waals surface area contributed by atoms with Crippen LogP contribution >= 0.6 is 22.9 Å². The molecule has 0 saturated carbocycles. The Morgan fingerprint density at radius 3 is 2.90 bits per heavy atom. The van der Waals surface area contributed by atoms with Crippen LogP contribution in [-0.2, 0) is 21.1 Å². The number of nitrogens with zero attached hydrogens (tertiary/aromatic N) is 1. The number of rotatable bonds is 7. The Kier molecular flexibility index (Phi) is 6.39. The minimum absolute atomic E-state index is 0.00929. The van der Waals surface area contributed by atoms with E-state index in [1.165, 1.54) is 0 Å². The molecule has 2 atom stereocenters. The number of carbonyl (C=O) groups is 1. The molecule has 2 aliphatic rings. The van der Waals surface area contributed by atoms with Crippen molar-refractivity contribution in [2.75, 3.05) is 31.6 Å². The molecule has 0 aliphatic carbocycles. The van der Waals surface area contributed by atoms with Gasteiger partial charge in [-0.05, 0) is 53.6 Å². The van der Waals surface area contributed by atoms with Crippen LogP contribution in [0, 0.1) is 0 Å². The summed E-state index contributed by atoms with van der Waals surface area (Å²) in [6, 6.07) is 6.10.